The fourth-order valence-electron chi connectivity index (χ4n) is 3.46. The molecule has 4 rings (SSSR count). The Bertz CT molecular complexity index is 1340. The van der Waals surface area contributed by atoms with Crippen LogP contribution in [-0.2, 0) is 16.1 Å². The van der Waals surface area contributed by atoms with Gasteiger partial charge in [0.05, 0.1) is 29.3 Å². The highest BCUT2D eigenvalue weighted by molar-refractivity contribution is 8.18. The van der Waals surface area contributed by atoms with Crippen molar-refractivity contribution >= 4 is 46.1 Å². The van der Waals surface area contributed by atoms with Crippen LogP contribution in [0.15, 0.2) is 94.0 Å². The Labute approximate surface area is 218 Å². The van der Waals surface area contributed by atoms with E-state index in [9.17, 15) is 9.90 Å². The third-order valence-electron chi connectivity index (χ3n) is 5.13. The van der Waals surface area contributed by atoms with Crippen molar-refractivity contribution in [2.45, 2.75) is 13.5 Å². The summed E-state index contributed by atoms with van der Waals surface area (Å²) in [5.74, 6) is 0.0246. The van der Waals surface area contributed by atoms with Gasteiger partial charge in [-0.25, -0.2) is 9.79 Å². The number of benzene rings is 3. The van der Waals surface area contributed by atoms with Gasteiger partial charge in [-0.15, -0.1) is 0 Å². The molecule has 0 amide bonds. The summed E-state index contributed by atoms with van der Waals surface area (Å²) >= 11 is 7.72. The largest absolute Gasteiger partial charge is 0.506 e. The van der Waals surface area contributed by atoms with Crippen LogP contribution in [0.4, 0.5) is 5.69 Å². The van der Waals surface area contributed by atoms with Crippen LogP contribution >= 0.6 is 23.4 Å². The van der Waals surface area contributed by atoms with Gasteiger partial charge in [-0.3, -0.25) is 0 Å². The lowest BCUT2D eigenvalue weighted by molar-refractivity contribution is -0.138. The summed E-state index contributed by atoms with van der Waals surface area (Å²) in [6.07, 6.45) is 1.71. The van der Waals surface area contributed by atoms with Gasteiger partial charge in [0.25, 0.3) is 0 Å². The predicted octanol–water partition coefficient (Wildman–Crippen LogP) is 7.12. The minimum atomic E-state index is -0.638. The molecule has 8 heteroatoms. The number of ether oxygens (including phenoxy) is 3. The van der Waals surface area contributed by atoms with E-state index < -0.39 is 5.97 Å². The summed E-state index contributed by atoms with van der Waals surface area (Å²) in [5, 5.41) is 11.6. The summed E-state index contributed by atoms with van der Waals surface area (Å²) in [5.41, 5.74) is 2.33. The molecule has 1 heterocycles. The average Bonchev–Trinajstić information content (AvgIpc) is 3.18. The second kappa shape index (κ2) is 11.8. The minimum Gasteiger partial charge on any atom is -0.506 e. The first-order chi connectivity index (χ1) is 17.5. The van der Waals surface area contributed by atoms with E-state index in [-0.39, 0.29) is 17.9 Å². The van der Waals surface area contributed by atoms with Gasteiger partial charge in [0.15, 0.2) is 11.5 Å². The van der Waals surface area contributed by atoms with Gasteiger partial charge in [-0.1, -0.05) is 71.9 Å². The lowest BCUT2D eigenvalue weighted by atomic mass is 10.1. The zero-order chi connectivity index (χ0) is 25.5. The molecule has 6 nitrogen and oxygen atoms in total. The number of halogens is 1. The lowest BCUT2D eigenvalue weighted by Crippen LogP contribution is -2.12. The predicted molar refractivity (Wildman–Crippen MR) is 144 cm³/mol. The first-order valence-electron chi connectivity index (χ1n) is 11.2. The molecule has 1 N–H and O–H groups in total. The fraction of sp³-hybridized carbons (Fsp3) is 0.143. The van der Waals surface area contributed by atoms with E-state index in [1.807, 2.05) is 60.7 Å². The molecule has 0 aromatic heterocycles. The Hall–Kier alpha value is -3.68. The van der Waals surface area contributed by atoms with Crippen LogP contribution in [-0.4, -0.2) is 29.8 Å². The van der Waals surface area contributed by atoms with Crippen LogP contribution in [0.3, 0.4) is 0 Å². The Morgan fingerprint density at radius 1 is 1.08 bits per heavy atom. The highest BCUT2D eigenvalue weighted by Gasteiger charge is 2.33. The molecule has 1 aliphatic heterocycles. The van der Waals surface area contributed by atoms with Crippen LogP contribution in [0.1, 0.15) is 18.1 Å². The molecule has 184 valence electrons. The number of aliphatic hydroxyl groups is 1. The molecule has 0 spiro atoms. The van der Waals surface area contributed by atoms with E-state index in [1.54, 1.807) is 25.1 Å². The molecule has 0 fully saturated rings. The Balaban J connectivity index is 1.66. The van der Waals surface area contributed by atoms with Gasteiger partial charge in [0.1, 0.15) is 23.0 Å². The smallest absolute Gasteiger partial charge is 0.344 e. The maximum atomic E-state index is 12.6. The molecule has 3 aromatic rings. The fourth-order valence-corrected chi connectivity index (χ4v) is 4.76. The number of hydrogen-bond donors (Lipinski definition) is 1. The van der Waals surface area contributed by atoms with Gasteiger partial charge in [-0.05, 0) is 48.4 Å². The standard InChI is InChI=1S/C28H24ClNO5S/c1-3-34-28(32)24-25(31)23(36-27(24)30-20-12-8-5-9-13-20)16-19-14-21(29)26(22(15-19)33-2)35-17-18-10-6-4-7-11-18/h4-16,31H,3,17H2,1-2H3/b23-16-,30-27?. The number of carbonyl (C=O) groups excluding carboxylic acids is 1. The normalized spacial score (nSPS) is 15.4. The maximum Gasteiger partial charge on any atom is 0.344 e. The summed E-state index contributed by atoms with van der Waals surface area (Å²) < 4.78 is 16.6. The van der Waals surface area contributed by atoms with Gasteiger partial charge in [-0.2, -0.15) is 0 Å². The Kier molecular flexibility index (Phi) is 8.36. The van der Waals surface area contributed by atoms with Gasteiger partial charge < -0.3 is 19.3 Å². The number of thioether (sulfide) groups is 1. The highest BCUT2D eigenvalue weighted by Crippen LogP contribution is 2.42. The molecule has 0 saturated heterocycles. The molecule has 3 aromatic carbocycles. The summed E-state index contributed by atoms with van der Waals surface area (Å²) in [6.45, 7) is 2.21. The van der Waals surface area contributed by atoms with Crippen molar-refractivity contribution in [3.8, 4) is 11.5 Å². The molecular weight excluding hydrogens is 498 g/mol. The van der Waals surface area contributed by atoms with Gasteiger partial charge >= 0.3 is 5.97 Å². The quantitative estimate of drug-likeness (QED) is 0.318. The molecule has 0 saturated carbocycles. The van der Waals surface area contributed by atoms with Crippen molar-refractivity contribution < 1.29 is 24.1 Å². The topological polar surface area (TPSA) is 77.4 Å². The van der Waals surface area contributed by atoms with Gasteiger partial charge in [0, 0.05) is 0 Å². The van der Waals surface area contributed by atoms with Crippen molar-refractivity contribution in [1.29, 1.82) is 0 Å². The van der Waals surface area contributed by atoms with Crippen LogP contribution < -0.4 is 9.47 Å². The summed E-state index contributed by atoms with van der Waals surface area (Å²) in [4.78, 5) is 17.6. The number of carbonyl (C=O) groups is 1. The molecule has 36 heavy (non-hydrogen) atoms. The van der Waals surface area contributed by atoms with E-state index >= 15 is 0 Å². The van der Waals surface area contributed by atoms with Crippen LogP contribution in [0.25, 0.3) is 6.08 Å². The molecule has 0 atom stereocenters. The third kappa shape index (κ3) is 5.93. The summed E-state index contributed by atoms with van der Waals surface area (Å²) in [6, 6.07) is 22.4. The zero-order valence-electron chi connectivity index (χ0n) is 19.7. The van der Waals surface area contributed by atoms with E-state index in [0.717, 1.165) is 5.56 Å². The number of hydrogen-bond acceptors (Lipinski definition) is 7. The van der Waals surface area contributed by atoms with Crippen LogP contribution in [0, 0.1) is 0 Å². The lowest BCUT2D eigenvalue weighted by Gasteiger charge is -2.13. The zero-order valence-corrected chi connectivity index (χ0v) is 21.3. The van der Waals surface area contributed by atoms with Crippen molar-refractivity contribution in [3.63, 3.8) is 0 Å². The number of methoxy groups -OCH3 is 1. The number of rotatable bonds is 8. The van der Waals surface area contributed by atoms with E-state index in [4.69, 9.17) is 25.8 Å². The average molecular weight is 522 g/mol. The second-order valence-corrected chi connectivity index (χ2v) is 9.05. The number of nitrogens with zero attached hydrogens (tertiary/aromatic N) is 1. The molecule has 0 radical (unpaired) electrons. The van der Waals surface area contributed by atoms with Crippen LogP contribution in [0.2, 0.25) is 5.02 Å². The number of esters is 1. The SMILES string of the molecule is CCOC(=O)C1=C(O)/C(=C/c2cc(Cl)c(OCc3ccccc3)c(OC)c2)SC1=Nc1ccccc1. The molecular formula is C28H24ClNO5S. The van der Waals surface area contributed by atoms with Crippen LogP contribution in [0.5, 0.6) is 11.5 Å². The maximum absolute atomic E-state index is 12.6. The summed E-state index contributed by atoms with van der Waals surface area (Å²) in [7, 11) is 1.53. The van der Waals surface area contributed by atoms with Crippen molar-refractivity contribution in [2.75, 3.05) is 13.7 Å². The van der Waals surface area contributed by atoms with E-state index in [2.05, 4.69) is 4.99 Å². The van der Waals surface area contributed by atoms with Crippen molar-refractivity contribution in [2.24, 2.45) is 4.99 Å². The first kappa shape index (κ1) is 25.4. The minimum absolute atomic E-state index is 0.0258. The van der Waals surface area contributed by atoms with E-state index in [1.165, 1.54) is 18.9 Å². The molecule has 1 aliphatic rings. The Morgan fingerprint density at radius 3 is 2.44 bits per heavy atom. The molecule has 0 bridgehead atoms. The molecule has 0 aliphatic carbocycles. The number of aliphatic imine (C=N–C) groups is 1. The number of para-hydroxylation sites is 1. The van der Waals surface area contributed by atoms with Crippen molar-refractivity contribution in [1.82, 2.24) is 0 Å². The number of aliphatic hydroxyl groups excluding tert-OH is 1. The highest BCUT2D eigenvalue weighted by atomic mass is 35.5. The Morgan fingerprint density at radius 2 is 1.78 bits per heavy atom. The molecule has 0 unspecified atom stereocenters. The first-order valence-corrected chi connectivity index (χ1v) is 12.4. The second-order valence-electron chi connectivity index (χ2n) is 7.62. The third-order valence-corrected chi connectivity index (χ3v) is 6.43. The van der Waals surface area contributed by atoms with Crippen molar-refractivity contribution in [3.05, 3.63) is 105 Å². The monoisotopic (exact) mass is 521 g/mol. The van der Waals surface area contributed by atoms with E-state index in [0.29, 0.717) is 44.3 Å². The van der Waals surface area contributed by atoms with Gasteiger partial charge in [0.2, 0.25) is 0 Å².